The Balaban J connectivity index is 1.98. The Morgan fingerprint density at radius 1 is 1.32 bits per heavy atom. The molecule has 7 nitrogen and oxygen atoms in total. The fourth-order valence-corrected chi connectivity index (χ4v) is 2.71. The van der Waals surface area contributed by atoms with E-state index in [1.165, 1.54) is 12.1 Å². The van der Waals surface area contributed by atoms with Gasteiger partial charge < -0.3 is 9.15 Å². The first-order valence-corrected chi connectivity index (χ1v) is 8.40. The van der Waals surface area contributed by atoms with Gasteiger partial charge in [0.15, 0.2) is 12.4 Å². The zero-order valence-corrected chi connectivity index (χ0v) is 13.5. The predicted octanol–water partition coefficient (Wildman–Crippen LogP) is 1.49. The van der Waals surface area contributed by atoms with Gasteiger partial charge in [0, 0.05) is 11.5 Å². The lowest BCUT2D eigenvalue weighted by molar-refractivity contribution is -0.129. The van der Waals surface area contributed by atoms with Gasteiger partial charge in [0.1, 0.15) is 0 Å². The number of ether oxygens (including phenoxy) is 1. The molecule has 1 heterocycles. The van der Waals surface area contributed by atoms with Gasteiger partial charge in [0.05, 0.1) is 0 Å². The molecule has 0 unspecified atom stereocenters. The summed E-state index contributed by atoms with van der Waals surface area (Å²) < 4.78 is 36.1. The van der Waals surface area contributed by atoms with Crippen LogP contribution in [0.15, 0.2) is 21.6 Å². The highest BCUT2D eigenvalue weighted by atomic mass is 32.2. The van der Waals surface area contributed by atoms with Crippen molar-refractivity contribution >= 4 is 21.8 Å². The van der Waals surface area contributed by atoms with Crippen molar-refractivity contribution < 1.29 is 27.2 Å². The molecule has 0 atom stereocenters. The summed E-state index contributed by atoms with van der Waals surface area (Å²) in [5.41, 5.74) is -0.619. The molecular formula is C14H19NO6S. The molecule has 1 aromatic heterocycles. The van der Waals surface area contributed by atoms with Crippen LogP contribution in [0.3, 0.4) is 0 Å². The van der Waals surface area contributed by atoms with Crippen LogP contribution < -0.4 is 4.72 Å². The maximum Gasteiger partial charge on any atom is 0.374 e. The highest BCUT2D eigenvalue weighted by Gasteiger charge is 2.30. The second-order valence-corrected chi connectivity index (χ2v) is 7.91. The smallest absolute Gasteiger partial charge is 0.374 e. The van der Waals surface area contributed by atoms with Crippen molar-refractivity contribution in [1.82, 2.24) is 4.72 Å². The third kappa shape index (κ3) is 4.17. The Morgan fingerprint density at radius 3 is 2.50 bits per heavy atom. The summed E-state index contributed by atoms with van der Waals surface area (Å²) in [6.07, 6.45) is 1.59. The van der Waals surface area contributed by atoms with Crippen LogP contribution in [-0.2, 0) is 19.6 Å². The zero-order chi connectivity index (χ0) is 16.5. The molecule has 0 radical (unpaired) electrons. The lowest BCUT2D eigenvalue weighted by atomic mass is 9.91. The fraction of sp³-hybridized carbons (Fsp3) is 0.571. The normalized spacial score (nSPS) is 15.6. The monoisotopic (exact) mass is 329 g/mol. The lowest BCUT2D eigenvalue weighted by Crippen LogP contribution is -2.26. The molecule has 1 aliphatic carbocycles. The minimum atomic E-state index is -3.76. The Bertz CT molecular complexity index is 678. The van der Waals surface area contributed by atoms with Crippen LogP contribution in [0.2, 0.25) is 0 Å². The summed E-state index contributed by atoms with van der Waals surface area (Å²) >= 11 is 0. The van der Waals surface area contributed by atoms with E-state index in [1.54, 1.807) is 20.8 Å². The summed E-state index contributed by atoms with van der Waals surface area (Å²) in [6, 6.07) is 2.34. The number of ketones is 1. The minimum absolute atomic E-state index is 0.0603. The standard InChI is InChI=1S/C14H19NO6S/c1-14(2,3)11(16)8-20-13(17)10-6-7-12(21-10)22(18,19)15-9-4-5-9/h6-7,9,15H,4-5,8H2,1-3H3. The van der Waals surface area contributed by atoms with Crippen molar-refractivity contribution in [2.24, 2.45) is 5.41 Å². The van der Waals surface area contributed by atoms with Crippen LogP contribution in [0.4, 0.5) is 0 Å². The molecule has 0 aliphatic heterocycles. The predicted molar refractivity (Wildman–Crippen MR) is 76.8 cm³/mol. The van der Waals surface area contributed by atoms with Gasteiger partial charge in [-0.05, 0) is 25.0 Å². The van der Waals surface area contributed by atoms with Crippen molar-refractivity contribution in [2.75, 3.05) is 6.61 Å². The number of rotatable bonds is 6. The molecular weight excluding hydrogens is 310 g/mol. The van der Waals surface area contributed by atoms with E-state index in [0.717, 1.165) is 12.8 Å². The molecule has 1 fully saturated rings. The van der Waals surface area contributed by atoms with Crippen molar-refractivity contribution in [3.8, 4) is 0 Å². The Morgan fingerprint density at radius 2 is 1.95 bits per heavy atom. The molecule has 1 aliphatic rings. The molecule has 0 bridgehead atoms. The first-order valence-electron chi connectivity index (χ1n) is 6.92. The number of carbonyl (C=O) groups is 2. The number of hydrogen-bond donors (Lipinski definition) is 1. The molecule has 1 saturated carbocycles. The van der Waals surface area contributed by atoms with Gasteiger partial charge in [-0.25, -0.2) is 17.9 Å². The average molecular weight is 329 g/mol. The van der Waals surface area contributed by atoms with Crippen LogP contribution in [-0.4, -0.2) is 32.8 Å². The van der Waals surface area contributed by atoms with E-state index in [1.807, 2.05) is 0 Å². The Hall–Kier alpha value is -1.67. The largest absolute Gasteiger partial charge is 0.452 e. The number of carbonyl (C=O) groups excluding carboxylic acids is 2. The highest BCUT2D eigenvalue weighted by molar-refractivity contribution is 7.89. The average Bonchev–Trinajstić information content (AvgIpc) is 3.05. The SMILES string of the molecule is CC(C)(C)C(=O)COC(=O)c1ccc(S(=O)(=O)NC2CC2)o1. The van der Waals surface area contributed by atoms with E-state index < -0.39 is 21.4 Å². The van der Waals surface area contributed by atoms with Gasteiger partial charge in [-0.15, -0.1) is 0 Å². The van der Waals surface area contributed by atoms with E-state index in [9.17, 15) is 18.0 Å². The van der Waals surface area contributed by atoms with Crippen LogP contribution >= 0.6 is 0 Å². The number of nitrogens with one attached hydrogen (secondary N) is 1. The number of hydrogen-bond acceptors (Lipinski definition) is 6. The van der Waals surface area contributed by atoms with E-state index in [-0.39, 0.29) is 29.3 Å². The molecule has 0 spiro atoms. The summed E-state index contributed by atoms with van der Waals surface area (Å²) in [7, 11) is -3.76. The topological polar surface area (TPSA) is 103 Å². The van der Waals surface area contributed by atoms with Gasteiger partial charge in [-0.1, -0.05) is 20.8 Å². The summed E-state index contributed by atoms with van der Waals surface area (Å²) in [5.74, 6) is -1.36. The van der Waals surface area contributed by atoms with Crippen molar-refractivity contribution in [1.29, 1.82) is 0 Å². The summed E-state index contributed by atoms with van der Waals surface area (Å²) in [6.45, 7) is 4.75. The minimum Gasteiger partial charge on any atom is -0.452 e. The number of furan rings is 1. The molecule has 2 rings (SSSR count). The third-order valence-electron chi connectivity index (χ3n) is 3.12. The van der Waals surface area contributed by atoms with Crippen molar-refractivity contribution in [2.45, 2.75) is 44.7 Å². The molecule has 122 valence electrons. The molecule has 1 aromatic rings. The second-order valence-electron chi connectivity index (χ2n) is 6.26. The fourth-order valence-electron chi connectivity index (χ4n) is 1.47. The molecule has 0 amide bonds. The number of sulfonamides is 1. The summed E-state index contributed by atoms with van der Waals surface area (Å²) in [4.78, 5) is 23.4. The zero-order valence-electron chi connectivity index (χ0n) is 12.7. The number of Topliss-reactive ketones (excluding diaryl/α,β-unsaturated/α-hetero) is 1. The van der Waals surface area contributed by atoms with Gasteiger partial charge in [0.25, 0.3) is 10.0 Å². The van der Waals surface area contributed by atoms with Gasteiger partial charge in [-0.3, -0.25) is 4.79 Å². The van der Waals surface area contributed by atoms with Crippen LogP contribution in [0.25, 0.3) is 0 Å². The molecule has 8 heteroatoms. The quantitative estimate of drug-likeness (QED) is 0.793. The maximum absolute atomic E-state index is 11.9. The van der Waals surface area contributed by atoms with Gasteiger partial charge in [0.2, 0.25) is 10.9 Å². The molecule has 0 aromatic carbocycles. The first-order chi connectivity index (χ1) is 10.1. The Labute approximate surface area is 129 Å². The Kier molecular flexibility index (Phi) is 4.44. The van der Waals surface area contributed by atoms with E-state index >= 15 is 0 Å². The van der Waals surface area contributed by atoms with E-state index in [0.29, 0.717) is 0 Å². The lowest BCUT2D eigenvalue weighted by Gasteiger charge is -2.15. The highest BCUT2D eigenvalue weighted by Crippen LogP contribution is 2.23. The third-order valence-corrected chi connectivity index (χ3v) is 4.51. The van der Waals surface area contributed by atoms with Gasteiger partial charge >= 0.3 is 5.97 Å². The van der Waals surface area contributed by atoms with Crippen molar-refractivity contribution in [3.05, 3.63) is 17.9 Å². The molecule has 1 N–H and O–H groups in total. The summed E-state index contributed by atoms with van der Waals surface area (Å²) in [5, 5.41) is -0.339. The van der Waals surface area contributed by atoms with E-state index in [4.69, 9.17) is 9.15 Å². The maximum atomic E-state index is 11.9. The molecule has 22 heavy (non-hydrogen) atoms. The first kappa shape index (κ1) is 16.7. The molecule has 0 saturated heterocycles. The van der Waals surface area contributed by atoms with Crippen LogP contribution in [0, 0.1) is 5.41 Å². The van der Waals surface area contributed by atoms with Crippen molar-refractivity contribution in [3.63, 3.8) is 0 Å². The second kappa shape index (κ2) is 5.85. The van der Waals surface area contributed by atoms with Crippen LogP contribution in [0.5, 0.6) is 0 Å². The van der Waals surface area contributed by atoms with E-state index in [2.05, 4.69) is 4.72 Å². The van der Waals surface area contributed by atoms with Crippen LogP contribution in [0.1, 0.15) is 44.2 Å². The van der Waals surface area contributed by atoms with Gasteiger partial charge in [-0.2, -0.15) is 0 Å². The number of esters is 1.